The fourth-order valence-electron chi connectivity index (χ4n) is 4.77. The SMILES string of the molecule is CCc1ccc(C2C(C(=O)CCc3ccccc3)=C(O)C(=O)N2C2CCCC2)cc1. The van der Waals surface area contributed by atoms with Crippen molar-refractivity contribution in [3.05, 3.63) is 82.6 Å². The first-order valence-electron chi connectivity index (χ1n) is 11.0. The highest BCUT2D eigenvalue weighted by molar-refractivity contribution is 6.09. The van der Waals surface area contributed by atoms with E-state index >= 15 is 0 Å². The summed E-state index contributed by atoms with van der Waals surface area (Å²) in [5.41, 5.74) is 3.46. The second kappa shape index (κ2) is 8.86. The van der Waals surface area contributed by atoms with Gasteiger partial charge in [-0.25, -0.2) is 0 Å². The monoisotopic (exact) mass is 403 g/mol. The Labute approximate surface area is 178 Å². The third-order valence-electron chi connectivity index (χ3n) is 6.45. The molecule has 2 aliphatic rings. The summed E-state index contributed by atoms with van der Waals surface area (Å²) in [5.74, 6) is -0.895. The maximum atomic E-state index is 13.2. The molecule has 4 nitrogen and oxygen atoms in total. The van der Waals surface area contributed by atoms with Gasteiger partial charge in [0.2, 0.25) is 0 Å². The van der Waals surface area contributed by atoms with Gasteiger partial charge < -0.3 is 10.0 Å². The van der Waals surface area contributed by atoms with Gasteiger partial charge in [-0.05, 0) is 42.4 Å². The molecule has 1 saturated carbocycles. The first kappa shape index (κ1) is 20.4. The van der Waals surface area contributed by atoms with Crippen LogP contribution in [-0.4, -0.2) is 27.7 Å². The van der Waals surface area contributed by atoms with Crippen LogP contribution in [0.1, 0.15) is 61.8 Å². The van der Waals surface area contributed by atoms with Gasteiger partial charge in [-0.1, -0.05) is 74.4 Å². The number of Topliss-reactive ketones (excluding diaryl/α,β-unsaturated/α-hetero) is 1. The quantitative estimate of drug-likeness (QED) is 0.701. The van der Waals surface area contributed by atoms with Gasteiger partial charge in [0.25, 0.3) is 5.91 Å². The highest BCUT2D eigenvalue weighted by atomic mass is 16.3. The number of ketones is 1. The van der Waals surface area contributed by atoms with Crippen LogP contribution in [0.2, 0.25) is 0 Å². The predicted molar refractivity (Wildman–Crippen MR) is 117 cm³/mol. The molecule has 4 rings (SSSR count). The lowest BCUT2D eigenvalue weighted by atomic mass is 9.92. The molecule has 1 N–H and O–H groups in total. The number of hydrogen-bond donors (Lipinski definition) is 1. The summed E-state index contributed by atoms with van der Waals surface area (Å²) in [6.45, 7) is 2.10. The first-order chi connectivity index (χ1) is 14.6. The number of hydrogen-bond acceptors (Lipinski definition) is 3. The van der Waals surface area contributed by atoms with Crippen molar-refractivity contribution < 1.29 is 14.7 Å². The molecule has 2 aromatic rings. The van der Waals surface area contributed by atoms with Crippen molar-refractivity contribution >= 4 is 11.7 Å². The molecule has 1 heterocycles. The van der Waals surface area contributed by atoms with Gasteiger partial charge >= 0.3 is 0 Å². The molecule has 1 aliphatic heterocycles. The summed E-state index contributed by atoms with van der Waals surface area (Å²) in [6, 6.07) is 17.5. The number of amides is 1. The average Bonchev–Trinajstić information content (AvgIpc) is 3.40. The molecule has 0 spiro atoms. The van der Waals surface area contributed by atoms with Crippen LogP contribution in [0.4, 0.5) is 0 Å². The molecule has 156 valence electrons. The maximum Gasteiger partial charge on any atom is 0.290 e. The lowest BCUT2D eigenvalue weighted by molar-refractivity contribution is -0.131. The lowest BCUT2D eigenvalue weighted by Crippen LogP contribution is -2.38. The Bertz CT molecular complexity index is 940. The zero-order valence-electron chi connectivity index (χ0n) is 17.5. The van der Waals surface area contributed by atoms with E-state index in [0.717, 1.165) is 43.2 Å². The largest absolute Gasteiger partial charge is 0.503 e. The van der Waals surface area contributed by atoms with Gasteiger partial charge in [0, 0.05) is 12.5 Å². The maximum absolute atomic E-state index is 13.2. The number of aliphatic hydroxyl groups excluding tert-OH is 1. The van der Waals surface area contributed by atoms with E-state index in [1.54, 1.807) is 4.90 Å². The summed E-state index contributed by atoms with van der Waals surface area (Å²) in [5, 5.41) is 10.8. The van der Waals surface area contributed by atoms with Crippen molar-refractivity contribution in [3.63, 3.8) is 0 Å². The van der Waals surface area contributed by atoms with Gasteiger partial charge in [-0.3, -0.25) is 9.59 Å². The lowest BCUT2D eigenvalue weighted by Gasteiger charge is -2.32. The molecule has 0 saturated heterocycles. The molecule has 1 atom stereocenters. The Kier molecular flexibility index (Phi) is 6.03. The molecular weight excluding hydrogens is 374 g/mol. The smallest absolute Gasteiger partial charge is 0.290 e. The topological polar surface area (TPSA) is 57.6 Å². The molecule has 30 heavy (non-hydrogen) atoms. The number of carbonyl (C=O) groups excluding carboxylic acids is 2. The van der Waals surface area contributed by atoms with Crippen molar-refractivity contribution in [1.29, 1.82) is 0 Å². The van der Waals surface area contributed by atoms with E-state index < -0.39 is 11.9 Å². The van der Waals surface area contributed by atoms with E-state index in [9.17, 15) is 14.7 Å². The highest BCUT2D eigenvalue weighted by Gasteiger charge is 2.46. The Morgan fingerprint density at radius 1 is 1.00 bits per heavy atom. The summed E-state index contributed by atoms with van der Waals surface area (Å²) in [6.07, 6.45) is 5.80. The van der Waals surface area contributed by atoms with E-state index in [1.807, 2.05) is 54.6 Å². The van der Waals surface area contributed by atoms with E-state index in [1.165, 1.54) is 5.56 Å². The van der Waals surface area contributed by atoms with Crippen LogP contribution >= 0.6 is 0 Å². The first-order valence-corrected chi connectivity index (χ1v) is 11.0. The molecule has 2 aromatic carbocycles. The fraction of sp³-hybridized carbons (Fsp3) is 0.385. The van der Waals surface area contributed by atoms with Crippen LogP contribution in [0, 0.1) is 0 Å². The summed E-state index contributed by atoms with van der Waals surface area (Å²) < 4.78 is 0. The van der Waals surface area contributed by atoms with Crippen molar-refractivity contribution in [2.75, 3.05) is 0 Å². The van der Waals surface area contributed by atoms with Gasteiger partial charge in [0.15, 0.2) is 11.5 Å². The molecular formula is C26H29NO3. The van der Waals surface area contributed by atoms with Gasteiger partial charge in [0.1, 0.15) is 0 Å². The van der Waals surface area contributed by atoms with Crippen LogP contribution in [0.15, 0.2) is 65.9 Å². The van der Waals surface area contributed by atoms with Crippen molar-refractivity contribution in [2.24, 2.45) is 0 Å². The minimum atomic E-state index is -0.491. The number of rotatable bonds is 7. The highest BCUT2D eigenvalue weighted by Crippen LogP contribution is 2.42. The summed E-state index contributed by atoms with van der Waals surface area (Å²) in [4.78, 5) is 28.1. The van der Waals surface area contributed by atoms with E-state index in [-0.39, 0.29) is 29.6 Å². The van der Waals surface area contributed by atoms with Crippen molar-refractivity contribution in [1.82, 2.24) is 4.90 Å². The second-order valence-corrected chi connectivity index (χ2v) is 8.32. The molecule has 0 bridgehead atoms. The van der Waals surface area contributed by atoms with Gasteiger partial charge in [0.05, 0.1) is 11.6 Å². The number of aliphatic hydroxyl groups is 1. The third-order valence-corrected chi connectivity index (χ3v) is 6.45. The Balaban J connectivity index is 1.65. The Hall–Kier alpha value is -2.88. The average molecular weight is 404 g/mol. The minimum Gasteiger partial charge on any atom is -0.503 e. The van der Waals surface area contributed by atoms with Crippen LogP contribution in [0.25, 0.3) is 0 Å². The Morgan fingerprint density at radius 2 is 1.67 bits per heavy atom. The molecule has 1 unspecified atom stereocenters. The number of carbonyl (C=O) groups is 2. The summed E-state index contributed by atoms with van der Waals surface area (Å²) in [7, 11) is 0. The normalized spacial score (nSPS) is 19.7. The van der Waals surface area contributed by atoms with E-state index in [4.69, 9.17) is 0 Å². The molecule has 1 amide bonds. The molecule has 4 heteroatoms. The molecule has 0 aromatic heterocycles. The Morgan fingerprint density at radius 3 is 2.30 bits per heavy atom. The van der Waals surface area contributed by atoms with Crippen LogP contribution in [0.3, 0.4) is 0 Å². The fourth-order valence-corrected chi connectivity index (χ4v) is 4.77. The van der Waals surface area contributed by atoms with E-state index in [0.29, 0.717) is 6.42 Å². The molecule has 1 fully saturated rings. The molecule has 0 radical (unpaired) electrons. The number of nitrogens with zero attached hydrogens (tertiary/aromatic N) is 1. The zero-order chi connectivity index (χ0) is 21.1. The third kappa shape index (κ3) is 3.91. The minimum absolute atomic E-state index is 0.0786. The predicted octanol–water partition coefficient (Wildman–Crippen LogP) is 5.09. The standard InChI is InChI=1S/C26H29NO3/c1-2-18-12-15-20(16-13-18)24-23(22(28)17-14-19-8-4-3-5-9-19)25(29)26(30)27(24)21-10-6-7-11-21/h3-5,8-9,12-13,15-16,21,24,29H,2,6-7,10-11,14,17H2,1H3. The van der Waals surface area contributed by atoms with Gasteiger partial charge in [-0.2, -0.15) is 0 Å². The number of benzene rings is 2. The van der Waals surface area contributed by atoms with Crippen LogP contribution in [0.5, 0.6) is 0 Å². The number of aryl methyl sites for hydroxylation is 2. The molecule has 1 aliphatic carbocycles. The van der Waals surface area contributed by atoms with Gasteiger partial charge in [-0.15, -0.1) is 0 Å². The van der Waals surface area contributed by atoms with Crippen LogP contribution in [-0.2, 0) is 22.4 Å². The summed E-state index contributed by atoms with van der Waals surface area (Å²) >= 11 is 0. The zero-order valence-corrected chi connectivity index (χ0v) is 17.5. The van der Waals surface area contributed by atoms with E-state index in [2.05, 4.69) is 6.92 Å². The second-order valence-electron chi connectivity index (χ2n) is 8.32. The van der Waals surface area contributed by atoms with Crippen molar-refractivity contribution in [3.8, 4) is 0 Å². The van der Waals surface area contributed by atoms with Crippen LogP contribution < -0.4 is 0 Å². The van der Waals surface area contributed by atoms with Crippen molar-refractivity contribution in [2.45, 2.75) is 64.0 Å².